The van der Waals surface area contributed by atoms with Crippen LogP contribution in [0.4, 0.5) is 0 Å². The summed E-state index contributed by atoms with van der Waals surface area (Å²) < 4.78 is 0. The maximum atomic E-state index is 6.11. The number of thioether (sulfide) groups is 1. The number of nitrogens with zero attached hydrogens (tertiary/aromatic N) is 1. The highest BCUT2D eigenvalue weighted by Gasteiger charge is 2.29. The molecule has 0 aromatic rings. The number of hydrogen-bond acceptors (Lipinski definition) is 3. The fourth-order valence-electron chi connectivity index (χ4n) is 1.15. The van der Waals surface area contributed by atoms with Gasteiger partial charge in [-0.3, -0.25) is 4.90 Å². The van der Waals surface area contributed by atoms with Crippen LogP contribution in [0.25, 0.3) is 0 Å². The van der Waals surface area contributed by atoms with Crippen molar-refractivity contribution in [3.63, 3.8) is 0 Å². The van der Waals surface area contributed by atoms with Crippen LogP contribution in [0.15, 0.2) is 0 Å². The summed E-state index contributed by atoms with van der Waals surface area (Å²) in [6.45, 7) is 0. The van der Waals surface area contributed by atoms with Crippen LogP contribution < -0.4 is 5.73 Å². The zero-order valence-electron chi connectivity index (χ0n) is 6.76. The molecule has 0 amide bonds. The van der Waals surface area contributed by atoms with Crippen LogP contribution in [0.1, 0.15) is 12.8 Å². The first-order valence-corrected chi connectivity index (χ1v) is 4.85. The fourth-order valence-corrected chi connectivity index (χ4v) is 2.40. The molecule has 0 radical (unpaired) electrons. The third-order valence-corrected chi connectivity index (χ3v) is 3.42. The van der Waals surface area contributed by atoms with Gasteiger partial charge in [-0.25, -0.2) is 0 Å². The van der Waals surface area contributed by atoms with E-state index in [1.54, 1.807) is 0 Å². The molecule has 1 fully saturated rings. The van der Waals surface area contributed by atoms with Crippen LogP contribution >= 0.6 is 11.8 Å². The van der Waals surface area contributed by atoms with Crippen molar-refractivity contribution < 1.29 is 0 Å². The minimum absolute atomic E-state index is 0.0249. The highest BCUT2D eigenvalue weighted by molar-refractivity contribution is 7.99. The van der Waals surface area contributed by atoms with Gasteiger partial charge in [-0.05, 0) is 32.7 Å². The number of hydrogen-bond donors (Lipinski definition) is 1. The van der Waals surface area contributed by atoms with Crippen LogP contribution in [0.5, 0.6) is 0 Å². The summed E-state index contributed by atoms with van der Waals surface area (Å²) in [5.74, 6) is 2.37. The minimum atomic E-state index is -0.0249. The van der Waals surface area contributed by atoms with Gasteiger partial charge in [-0.1, -0.05) is 0 Å². The molecule has 10 heavy (non-hydrogen) atoms. The van der Waals surface area contributed by atoms with E-state index < -0.39 is 0 Å². The summed E-state index contributed by atoms with van der Waals surface area (Å²) in [6, 6.07) is 0. The fraction of sp³-hybridized carbons (Fsp3) is 1.00. The van der Waals surface area contributed by atoms with Crippen LogP contribution in [0, 0.1) is 0 Å². The van der Waals surface area contributed by atoms with Gasteiger partial charge in [0.2, 0.25) is 0 Å². The molecule has 1 aliphatic rings. The van der Waals surface area contributed by atoms with E-state index in [9.17, 15) is 0 Å². The Kier molecular flexibility index (Phi) is 2.61. The first kappa shape index (κ1) is 8.37. The van der Waals surface area contributed by atoms with E-state index in [-0.39, 0.29) is 5.66 Å². The lowest BCUT2D eigenvalue weighted by molar-refractivity contribution is 0.169. The number of nitrogens with two attached hydrogens (primary N) is 1. The molecule has 0 aromatic heterocycles. The molecule has 1 aliphatic heterocycles. The summed E-state index contributed by atoms with van der Waals surface area (Å²) in [4.78, 5) is 2.14. The average molecular weight is 160 g/mol. The second kappa shape index (κ2) is 3.11. The maximum absolute atomic E-state index is 6.11. The van der Waals surface area contributed by atoms with Gasteiger partial charge >= 0.3 is 0 Å². The predicted molar refractivity (Wildman–Crippen MR) is 47.2 cm³/mol. The van der Waals surface area contributed by atoms with E-state index in [1.165, 1.54) is 12.2 Å². The van der Waals surface area contributed by atoms with Gasteiger partial charge < -0.3 is 5.73 Å². The Bertz CT molecular complexity index is 108. The average Bonchev–Trinajstić information content (AvgIpc) is 1.89. The summed E-state index contributed by atoms with van der Waals surface area (Å²) >= 11 is 1.96. The summed E-state index contributed by atoms with van der Waals surface area (Å²) in [6.07, 6.45) is 2.41. The van der Waals surface area contributed by atoms with Crippen molar-refractivity contribution >= 4 is 11.8 Å². The standard InChI is InChI=1S/C7H16N2S/c1-9(2)7(8)4-3-5-10-6-7/h3-6,8H2,1-2H3. The Hall–Kier alpha value is 0.270. The molecule has 1 heterocycles. The third-order valence-electron chi connectivity index (χ3n) is 2.14. The van der Waals surface area contributed by atoms with E-state index in [4.69, 9.17) is 5.73 Å². The van der Waals surface area contributed by atoms with E-state index in [0.717, 1.165) is 12.2 Å². The van der Waals surface area contributed by atoms with Crippen LogP contribution in [0.2, 0.25) is 0 Å². The molecule has 60 valence electrons. The van der Waals surface area contributed by atoms with E-state index >= 15 is 0 Å². The van der Waals surface area contributed by atoms with Crippen molar-refractivity contribution in [3.05, 3.63) is 0 Å². The zero-order chi connectivity index (χ0) is 7.61. The molecule has 2 N–H and O–H groups in total. The van der Waals surface area contributed by atoms with Crippen LogP contribution in [-0.2, 0) is 0 Å². The molecular formula is C7H16N2S. The molecule has 0 aliphatic carbocycles. The smallest absolute Gasteiger partial charge is 0.0775 e. The summed E-state index contributed by atoms with van der Waals surface area (Å²) in [5.41, 5.74) is 6.08. The van der Waals surface area contributed by atoms with Gasteiger partial charge in [-0.2, -0.15) is 11.8 Å². The lowest BCUT2D eigenvalue weighted by Crippen LogP contribution is -2.56. The van der Waals surface area contributed by atoms with Crippen LogP contribution in [-0.4, -0.2) is 36.2 Å². The van der Waals surface area contributed by atoms with E-state index in [1.807, 2.05) is 11.8 Å². The molecular weight excluding hydrogens is 144 g/mol. The molecule has 1 saturated heterocycles. The summed E-state index contributed by atoms with van der Waals surface area (Å²) in [7, 11) is 4.12. The van der Waals surface area contributed by atoms with Crippen molar-refractivity contribution in [2.24, 2.45) is 5.73 Å². The lowest BCUT2D eigenvalue weighted by atomic mass is 10.1. The first-order chi connectivity index (χ1) is 4.65. The normalized spacial score (nSPS) is 34.8. The van der Waals surface area contributed by atoms with Gasteiger partial charge in [-0.15, -0.1) is 0 Å². The predicted octanol–water partition coefficient (Wildman–Crippen LogP) is 0.730. The molecule has 1 atom stereocenters. The van der Waals surface area contributed by atoms with Gasteiger partial charge in [0.15, 0.2) is 0 Å². The highest BCUT2D eigenvalue weighted by atomic mass is 32.2. The second-order valence-electron chi connectivity index (χ2n) is 3.15. The van der Waals surface area contributed by atoms with Gasteiger partial charge in [0.05, 0.1) is 5.66 Å². The molecule has 0 aromatic carbocycles. The topological polar surface area (TPSA) is 29.3 Å². The number of rotatable bonds is 1. The van der Waals surface area contributed by atoms with Crippen molar-refractivity contribution in [2.45, 2.75) is 18.5 Å². The Morgan fingerprint density at radius 3 is 2.50 bits per heavy atom. The zero-order valence-corrected chi connectivity index (χ0v) is 7.58. The largest absolute Gasteiger partial charge is 0.312 e. The maximum Gasteiger partial charge on any atom is 0.0775 e. The third kappa shape index (κ3) is 1.65. The van der Waals surface area contributed by atoms with E-state index in [0.29, 0.717) is 0 Å². The lowest BCUT2D eigenvalue weighted by Gasteiger charge is -2.38. The Morgan fingerprint density at radius 1 is 1.50 bits per heavy atom. The second-order valence-corrected chi connectivity index (χ2v) is 4.26. The van der Waals surface area contributed by atoms with Crippen molar-refractivity contribution in [1.29, 1.82) is 0 Å². The van der Waals surface area contributed by atoms with Gasteiger partial charge in [0.1, 0.15) is 0 Å². The Balaban J connectivity index is 2.48. The molecule has 0 saturated carbocycles. The molecule has 0 spiro atoms. The quantitative estimate of drug-likeness (QED) is 0.573. The van der Waals surface area contributed by atoms with Crippen molar-refractivity contribution in [1.82, 2.24) is 4.90 Å². The molecule has 1 unspecified atom stereocenters. The molecule has 3 heteroatoms. The molecule has 0 bridgehead atoms. The monoisotopic (exact) mass is 160 g/mol. The first-order valence-electron chi connectivity index (χ1n) is 3.69. The Morgan fingerprint density at radius 2 is 2.20 bits per heavy atom. The van der Waals surface area contributed by atoms with Crippen molar-refractivity contribution in [3.8, 4) is 0 Å². The van der Waals surface area contributed by atoms with Crippen LogP contribution in [0.3, 0.4) is 0 Å². The Labute approximate surface area is 67.1 Å². The van der Waals surface area contributed by atoms with E-state index in [2.05, 4.69) is 19.0 Å². The van der Waals surface area contributed by atoms with Gasteiger partial charge in [0.25, 0.3) is 0 Å². The van der Waals surface area contributed by atoms with Gasteiger partial charge in [0, 0.05) is 5.75 Å². The minimum Gasteiger partial charge on any atom is -0.312 e. The molecule has 2 nitrogen and oxygen atoms in total. The van der Waals surface area contributed by atoms with Crippen molar-refractivity contribution in [2.75, 3.05) is 25.6 Å². The highest BCUT2D eigenvalue weighted by Crippen LogP contribution is 2.25. The SMILES string of the molecule is CN(C)C1(N)CCCSC1. The molecule has 1 rings (SSSR count). The summed E-state index contributed by atoms with van der Waals surface area (Å²) in [5, 5.41) is 0.